The molecule has 2 saturated heterocycles. The molecule has 10 heteroatoms. The summed E-state index contributed by atoms with van der Waals surface area (Å²) < 4.78 is 2.39. The summed E-state index contributed by atoms with van der Waals surface area (Å²) in [7, 11) is 0. The van der Waals surface area contributed by atoms with Crippen LogP contribution in [0.5, 0.6) is 0 Å². The molecule has 0 bridgehead atoms. The average Bonchev–Trinajstić information content (AvgIpc) is 3.58. The highest BCUT2D eigenvalue weighted by atomic mass is 35.5. The molecule has 36 heavy (non-hydrogen) atoms. The van der Waals surface area contributed by atoms with Crippen LogP contribution in [-0.2, 0) is 11.4 Å². The van der Waals surface area contributed by atoms with Crippen molar-refractivity contribution in [3.63, 3.8) is 0 Å². The van der Waals surface area contributed by atoms with E-state index in [9.17, 15) is 4.79 Å². The lowest BCUT2D eigenvalue weighted by atomic mass is 9.83. The number of nitrogens with zero attached hydrogens (tertiary/aromatic N) is 5. The first-order valence-corrected chi connectivity index (χ1v) is 13.4. The zero-order valence-corrected chi connectivity index (χ0v) is 21.5. The third-order valence-electron chi connectivity index (χ3n) is 7.92. The highest BCUT2D eigenvalue weighted by Crippen LogP contribution is 2.38. The van der Waals surface area contributed by atoms with Crippen LogP contribution in [0.2, 0.25) is 5.02 Å². The Balaban J connectivity index is 1.54. The number of nitrogens with one attached hydrogen (secondary N) is 2. The van der Waals surface area contributed by atoms with Crippen molar-refractivity contribution < 1.29 is 9.63 Å². The molecular weight excluding hydrogens is 478 g/mol. The van der Waals surface area contributed by atoms with Gasteiger partial charge < -0.3 is 14.3 Å². The molecule has 6 rings (SSSR count). The SMILES string of the molecule is CC1CCC(Cn2c(N3CCC[C@H]3C)nc3cc(C4NOC(=O)N4)nc(-c4cncc(Cl)c4)c32)CC1. The van der Waals surface area contributed by atoms with Gasteiger partial charge in [0.05, 0.1) is 27.4 Å². The minimum Gasteiger partial charge on any atom is -0.351 e. The molecule has 5 heterocycles. The molecule has 0 spiro atoms. The van der Waals surface area contributed by atoms with Gasteiger partial charge in [-0.1, -0.05) is 31.4 Å². The fourth-order valence-corrected chi connectivity index (χ4v) is 6.04. The van der Waals surface area contributed by atoms with Gasteiger partial charge in [-0.3, -0.25) is 10.3 Å². The number of carbonyl (C=O) groups excluding carboxylic acids is 1. The second-order valence-electron chi connectivity index (χ2n) is 10.6. The lowest BCUT2D eigenvalue weighted by Gasteiger charge is -2.29. The Kier molecular flexibility index (Phi) is 6.21. The molecule has 3 fully saturated rings. The maximum absolute atomic E-state index is 11.7. The molecule has 3 aromatic heterocycles. The molecule has 1 amide bonds. The highest BCUT2D eigenvalue weighted by Gasteiger charge is 2.31. The van der Waals surface area contributed by atoms with E-state index < -0.39 is 12.3 Å². The highest BCUT2D eigenvalue weighted by molar-refractivity contribution is 6.30. The van der Waals surface area contributed by atoms with Gasteiger partial charge in [0.1, 0.15) is 0 Å². The number of fused-ring (bicyclic) bond motifs is 1. The number of anilines is 1. The predicted octanol–water partition coefficient (Wildman–Crippen LogP) is 5.20. The second kappa shape index (κ2) is 9.52. The Morgan fingerprint density at radius 1 is 1.11 bits per heavy atom. The van der Waals surface area contributed by atoms with Crippen molar-refractivity contribution in [3.05, 3.63) is 35.2 Å². The molecule has 1 aliphatic carbocycles. The van der Waals surface area contributed by atoms with E-state index in [4.69, 9.17) is 26.4 Å². The van der Waals surface area contributed by atoms with Crippen LogP contribution >= 0.6 is 11.6 Å². The Morgan fingerprint density at radius 3 is 2.64 bits per heavy atom. The summed E-state index contributed by atoms with van der Waals surface area (Å²) in [4.78, 5) is 33.6. The average molecular weight is 510 g/mol. The van der Waals surface area contributed by atoms with E-state index in [-0.39, 0.29) is 0 Å². The first-order valence-electron chi connectivity index (χ1n) is 13.0. The van der Waals surface area contributed by atoms with Crippen molar-refractivity contribution in [1.29, 1.82) is 0 Å². The lowest BCUT2D eigenvalue weighted by molar-refractivity contribution is 0.121. The second-order valence-corrected chi connectivity index (χ2v) is 11.0. The number of amides is 1. The van der Waals surface area contributed by atoms with Crippen molar-refractivity contribution in [2.45, 2.75) is 71.1 Å². The van der Waals surface area contributed by atoms with E-state index >= 15 is 0 Å². The number of imidazole rings is 1. The van der Waals surface area contributed by atoms with E-state index in [1.165, 1.54) is 25.7 Å². The fourth-order valence-electron chi connectivity index (χ4n) is 5.87. The van der Waals surface area contributed by atoms with Gasteiger partial charge in [-0.15, -0.1) is 5.48 Å². The zero-order valence-electron chi connectivity index (χ0n) is 20.7. The summed E-state index contributed by atoms with van der Waals surface area (Å²) in [6, 6.07) is 4.27. The van der Waals surface area contributed by atoms with Crippen LogP contribution in [0.3, 0.4) is 0 Å². The minimum absolute atomic E-state index is 0.430. The number of halogens is 1. The number of aromatic nitrogens is 4. The molecule has 2 aliphatic heterocycles. The topological polar surface area (TPSA) is 97.2 Å². The van der Waals surface area contributed by atoms with Crippen LogP contribution in [0.1, 0.15) is 64.2 Å². The molecule has 1 unspecified atom stereocenters. The number of carbonyl (C=O) groups is 1. The first kappa shape index (κ1) is 23.5. The standard InChI is InChI=1S/C26H32ClN7O2/c1-15-5-7-17(8-6-15)14-34-23-20(30-25(34)33-9-3-4-16(33)2)11-21(24-31-26(35)36-32-24)29-22(23)18-10-19(27)13-28-12-18/h10-13,15-17,24,32H,3-9,14H2,1-2H3,(H,31,35)/t15?,16-,17?,24?/m1/s1. The quantitative estimate of drug-likeness (QED) is 0.487. The molecule has 3 aromatic rings. The van der Waals surface area contributed by atoms with Crippen molar-refractivity contribution in [2.75, 3.05) is 11.4 Å². The molecule has 2 atom stereocenters. The zero-order chi connectivity index (χ0) is 24.8. The lowest BCUT2D eigenvalue weighted by Crippen LogP contribution is -2.30. The number of pyridine rings is 2. The van der Waals surface area contributed by atoms with Crippen molar-refractivity contribution in [1.82, 2.24) is 30.3 Å². The smallest absolute Gasteiger partial charge is 0.351 e. The number of rotatable bonds is 5. The molecule has 9 nitrogen and oxygen atoms in total. The van der Waals surface area contributed by atoms with Crippen LogP contribution in [-0.4, -0.2) is 38.2 Å². The van der Waals surface area contributed by atoms with E-state index in [2.05, 4.69) is 39.1 Å². The van der Waals surface area contributed by atoms with Crippen LogP contribution in [0, 0.1) is 11.8 Å². The maximum Gasteiger partial charge on any atom is 0.427 e. The Morgan fingerprint density at radius 2 is 1.94 bits per heavy atom. The molecule has 190 valence electrons. The number of hydrogen-bond donors (Lipinski definition) is 2. The van der Waals surface area contributed by atoms with Crippen LogP contribution in [0.15, 0.2) is 24.5 Å². The summed E-state index contributed by atoms with van der Waals surface area (Å²) in [5, 5.41) is 3.30. The predicted molar refractivity (Wildman–Crippen MR) is 138 cm³/mol. The summed E-state index contributed by atoms with van der Waals surface area (Å²) in [6.07, 6.45) is 9.63. The van der Waals surface area contributed by atoms with Gasteiger partial charge in [-0.2, -0.15) is 0 Å². The largest absolute Gasteiger partial charge is 0.427 e. The number of hydrogen-bond acceptors (Lipinski definition) is 7. The van der Waals surface area contributed by atoms with Gasteiger partial charge in [0.2, 0.25) is 5.95 Å². The molecule has 0 radical (unpaired) electrons. The van der Waals surface area contributed by atoms with Crippen LogP contribution in [0.25, 0.3) is 22.3 Å². The Hall–Kier alpha value is -2.91. The van der Waals surface area contributed by atoms with E-state index in [1.54, 1.807) is 12.4 Å². The van der Waals surface area contributed by atoms with Gasteiger partial charge in [0, 0.05) is 37.1 Å². The van der Waals surface area contributed by atoms with Gasteiger partial charge in [-0.25, -0.2) is 14.8 Å². The van der Waals surface area contributed by atoms with E-state index in [0.29, 0.717) is 22.7 Å². The van der Waals surface area contributed by atoms with E-state index in [0.717, 1.165) is 60.1 Å². The monoisotopic (exact) mass is 509 g/mol. The van der Waals surface area contributed by atoms with Gasteiger partial charge in [0.15, 0.2) is 6.17 Å². The summed E-state index contributed by atoms with van der Waals surface area (Å²) in [5.41, 5.74) is 6.75. The normalized spacial score (nSPS) is 26.4. The summed E-state index contributed by atoms with van der Waals surface area (Å²) >= 11 is 6.36. The third kappa shape index (κ3) is 4.39. The number of hydroxylamine groups is 1. The van der Waals surface area contributed by atoms with Crippen molar-refractivity contribution in [2.24, 2.45) is 11.8 Å². The van der Waals surface area contributed by atoms with Gasteiger partial charge in [-0.05, 0) is 56.6 Å². The van der Waals surface area contributed by atoms with Gasteiger partial charge >= 0.3 is 6.09 Å². The molecule has 3 aliphatic rings. The first-order chi connectivity index (χ1) is 17.5. The third-order valence-corrected chi connectivity index (χ3v) is 8.12. The van der Waals surface area contributed by atoms with Crippen LogP contribution < -0.4 is 15.7 Å². The molecule has 1 saturated carbocycles. The summed E-state index contributed by atoms with van der Waals surface area (Å²) in [6.45, 7) is 6.54. The minimum atomic E-state index is -0.563. The van der Waals surface area contributed by atoms with Crippen LogP contribution in [0.4, 0.5) is 10.7 Å². The van der Waals surface area contributed by atoms with E-state index in [1.807, 2.05) is 12.1 Å². The maximum atomic E-state index is 11.7. The van der Waals surface area contributed by atoms with Gasteiger partial charge in [0.25, 0.3) is 0 Å². The molecular formula is C26H32ClN7O2. The Labute approximate surface area is 215 Å². The molecule has 0 aromatic carbocycles. The summed E-state index contributed by atoms with van der Waals surface area (Å²) in [5.74, 6) is 2.40. The van der Waals surface area contributed by atoms with Crippen molar-refractivity contribution in [3.8, 4) is 11.3 Å². The Bertz CT molecular complexity index is 1290. The van der Waals surface area contributed by atoms with Crippen molar-refractivity contribution >= 4 is 34.7 Å². The molecule has 2 N–H and O–H groups in total. The fraction of sp³-hybridized carbons (Fsp3) is 0.538.